The SMILES string of the molecule is COc1ccccc1CC(C)NCc1c(C)nn(C)c1C. The summed E-state index contributed by atoms with van der Waals surface area (Å²) >= 11 is 0. The summed E-state index contributed by atoms with van der Waals surface area (Å²) in [7, 11) is 3.71. The van der Waals surface area contributed by atoms with E-state index in [0.717, 1.165) is 24.4 Å². The van der Waals surface area contributed by atoms with E-state index in [1.807, 2.05) is 23.9 Å². The third kappa shape index (κ3) is 3.64. The van der Waals surface area contributed by atoms with Gasteiger partial charge in [-0.2, -0.15) is 5.10 Å². The highest BCUT2D eigenvalue weighted by molar-refractivity contribution is 5.33. The zero-order valence-corrected chi connectivity index (χ0v) is 13.6. The minimum absolute atomic E-state index is 0.375. The minimum atomic E-state index is 0.375. The maximum Gasteiger partial charge on any atom is 0.122 e. The van der Waals surface area contributed by atoms with Gasteiger partial charge in [0.05, 0.1) is 12.8 Å². The van der Waals surface area contributed by atoms with Crippen LogP contribution in [0.25, 0.3) is 0 Å². The first kappa shape index (κ1) is 15.6. The Morgan fingerprint density at radius 3 is 2.62 bits per heavy atom. The molecular weight excluding hydrogens is 262 g/mol. The van der Waals surface area contributed by atoms with E-state index < -0.39 is 0 Å². The van der Waals surface area contributed by atoms with Gasteiger partial charge < -0.3 is 10.1 Å². The lowest BCUT2D eigenvalue weighted by Gasteiger charge is -2.16. The molecule has 0 saturated carbocycles. The molecule has 0 saturated heterocycles. The molecule has 21 heavy (non-hydrogen) atoms. The van der Waals surface area contributed by atoms with Gasteiger partial charge >= 0.3 is 0 Å². The first-order valence-electron chi connectivity index (χ1n) is 7.37. The fraction of sp³-hybridized carbons (Fsp3) is 0.471. The minimum Gasteiger partial charge on any atom is -0.496 e. The average molecular weight is 287 g/mol. The molecule has 2 aromatic rings. The molecule has 1 atom stereocenters. The highest BCUT2D eigenvalue weighted by Crippen LogP contribution is 2.19. The van der Waals surface area contributed by atoms with Crippen LogP contribution in [0, 0.1) is 13.8 Å². The fourth-order valence-corrected chi connectivity index (χ4v) is 2.62. The molecule has 0 bridgehead atoms. The lowest BCUT2D eigenvalue weighted by Crippen LogP contribution is -2.28. The van der Waals surface area contributed by atoms with Crippen LogP contribution in [0.4, 0.5) is 0 Å². The van der Waals surface area contributed by atoms with Crippen molar-refractivity contribution in [1.29, 1.82) is 0 Å². The Morgan fingerprint density at radius 2 is 2.00 bits per heavy atom. The van der Waals surface area contributed by atoms with Crippen LogP contribution in [0.5, 0.6) is 5.75 Å². The molecule has 0 aliphatic rings. The van der Waals surface area contributed by atoms with Crippen LogP contribution < -0.4 is 10.1 Å². The van der Waals surface area contributed by atoms with Gasteiger partial charge in [-0.3, -0.25) is 4.68 Å². The molecule has 0 fully saturated rings. The normalized spacial score (nSPS) is 12.4. The Hall–Kier alpha value is -1.81. The standard InChI is InChI=1S/C17H25N3O/c1-12(10-15-8-6-7-9-17(15)21-5)18-11-16-13(2)19-20(4)14(16)3/h6-9,12,18H,10-11H2,1-5H3. The quantitative estimate of drug-likeness (QED) is 0.888. The predicted molar refractivity (Wildman–Crippen MR) is 85.7 cm³/mol. The van der Waals surface area contributed by atoms with Gasteiger partial charge in [0.2, 0.25) is 0 Å². The van der Waals surface area contributed by atoms with E-state index >= 15 is 0 Å². The predicted octanol–water partition coefficient (Wildman–Crippen LogP) is 2.77. The smallest absolute Gasteiger partial charge is 0.122 e. The molecule has 4 heteroatoms. The monoisotopic (exact) mass is 287 g/mol. The molecule has 0 amide bonds. The van der Waals surface area contributed by atoms with Crippen molar-refractivity contribution < 1.29 is 4.74 Å². The number of hydrogen-bond acceptors (Lipinski definition) is 3. The van der Waals surface area contributed by atoms with Gasteiger partial charge in [0, 0.05) is 30.9 Å². The number of hydrogen-bond donors (Lipinski definition) is 1. The van der Waals surface area contributed by atoms with E-state index in [2.05, 4.69) is 43.3 Å². The Labute approximate surface area is 127 Å². The van der Waals surface area contributed by atoms with Crippen LogP contribution in [0.1, 0.15) is 29.4 Å². The zero-order chi connectivity index (χ0) is 15.4. The van der Waals surface area contributed by atoms with E-state index in [4.69, 9.17) is 4.74 Å². The number of aromatic nitrogens is 2. The van der Waals surface area contributed by atoms with Gasteiger partial charge in [0.25, 0.3) is 0 Å². The molecule has 0 spiro atoms. The number of nitrogens with one attached hydrogen (secondary N) is 1. The number of para-hydroxylation sites is 1. The molecule has 0 aliphatic heterocycles. The first-order chi connectivity index (χ1) is 10.0. The zero-order valence-electron chi connectivity index (χ0n) is 13.6. The van der Waals surface area contributed by atoms with Gasteiger partial charge in [-0.15, -0.1) is 0 Å². The maximum atomic E-state index is 5.41. The molecule has 1 unspecified atom stereocenters. The second-order valence-electron chi connectivity index (χ2n) is 5.57. The number of methoxy groups -OCH3 is 1. The van der Waals surface area contributed by atoms with Crippen LogP contribution in [-0.4, -0.2) is 22.9 Å². The van der Waals surface area contributed by atoms with Gasteiger partial charge in [0.1, 0.15) is 5.75 Å². The molecule has 1 aromatic carbocycles. The van der Waals surface area contributed by atoms with Crippen LogP contribution in [0.15, 0.2) is 24.3 Å². The van der Waals surface area contributed by atoms with Gasteiger partial charge in [-0.1, -0.05) is 18.2 Å². The molecule has 2 rings (SSSR count). The molecule has 0 aliphatic carbocycles. The number of ether oxygens (including phenoxy) is 1. The molecule has 0 radical (unpaired) electrons. The highest BCUT2D eigenvalue weighted by Gasteiger charge is 2.12. The van der Waals surface area contributed by atoms with Gasteiger partial charge in [-0.25, -0.2) is 0 Å². The maximum absolute atomic E-state index is 5.41. The molecule has 1 heterocycles. The summed E-state index contributed by atoms with van der Waals surface area (Å²) in [6, 6.07) is 8.57. The first-order valence-corrected chi connectivity index (χ1v) is 7.37. The van der Waals surface area contributed by atoms with Gasteiger partial charge in [0.15, 0.2) is 0 Å². The average Bonchev–Trinajstić information content (AvgIpc) is 2.71. The van der Waals surface area contributed by atoms with Crippen molar-refractivity contribution in [2.24, 2.45) is 7.05 Å². The Bertz CT molecular complexity index is 604. The summed E-state index contributed by atoms with van der Waals surface area (Å²) in [5.74, 6) is 0.958. The third-order valence-electron chi connectivity index (χ3n) is 4.00. The van der Waals surface area contributed by atoms with E-state index in [1.54, 1.807) is 7.11 Å². The summed E-state index contributed by atoms with van der Waals surface area (Å²) in [5, 5.41) is 8.04. The van der Waals surface area contributed by atoms with Crippen LogP contribution in [-0.2, 0) is 20.0 Å². The lowest BCUT2D eigenvalue weighted by atomic mass is 10.1. The Balaban J connectivity index is 1.97. The largest absolute Gasteiger partial charge is 0.496 e. The van der Waals surface area contributed by atoms with Crippen molar-refractivity contribution in [3.8, 4) is 5.75 Å². The van der Waals surface area contributed by atoms with Gasteiger partial charge in [-0.05, 0) is 38.8 Å². The van der Waals surface area contributed by atoms with E-state index in [1.165, 1.54) is 16.8 Å². The van der Waals surface area contributed by atoms with Crippen molar-refractivity contribution in [2.75, 3.05) is 7.11 Å². The summed E-state index contributed by atoms with van der Waals surface area (Å²) in [6.07, 6.45) is 0.947. The van der Waals surface area contributed by atoms with Crippen molar-refractivity contribution in [1.82, 2.24) is 15.1 Å². The fourth-order valence-electron chi connectivity index (χ4n) is 2.62. The highest BCUT2D eigenvalue weighted by atomic mass is 16.5. The topological polar surface area (TPSA) is 39.1 Å². The van der Waals surface area contributed by atoms with Crippen LogP contribution in [0.3, 0.4) is 0 Å². The van der Waals surface area contributed by atoms with Crippen LogP contribution >= 0.6 is 0 Å². The van der Waals surface area contributed by atoms with E-state index in [0.29, 0.717) is 6.04 Å². The number of nitrogens with zero attached hydrogens (tertiary/aromatic N) is 2. The molecular formula is C17H25N3O. The third-order valence-corrected chi connectivity index (χ3v) is 4.00. The summed E-state index contributed by atoms with van der Waals surface area (Å²) in [4.78, 5) is 0. The number of rotatable bonds is 6. The summed E-state index contributed by atoms with van der Waals surface area (Å²) < 4.78 is 7.35. The van der Waals surface area contributed by atoms with Crippen molar-refractivity contribution >= 4 is 0 Å². The molecule has 1 aromatic heterocycles. The van der Waals surface area contributed by atoms with E-state index in [9.17, 15) is 0 Å². The Kier molecular flexibility index (Phi) is 5.02. The summed E-state index contributed by atoms with van der Waals surface area (Å²) in [5.41, 5.74) is 4.86. The molecule has 1 N–H and O–H groups in total. The van der Waals surface area contributed by atoms with Crippen molar-refractivity contribution in [3.05, 3.63) is 46.8 Å². The van der Waals surface area contributed by atoms with Crippen LogP contribution in [0.2, 0.25) is 0 Å². The van der Waals surface area contributed by atoms with E-state index in [-0.39, 0.29) is 0 Å². The summed E-state index contributed by atoms with van der Waals surface area (Å²) in [6.45, 7) is 7.23. The molecule has 114 valence electrons. The second-order valence-corrected chi connectivity index (χ2v) is 5.57. The second kappa shape index (κ2) is 6.76. The Morgan fingerprint density at radius 1 is 1.29 bits per heavy atom. The van der Waals surface area contributed by atoms with Crippen molar-refractivity contribution in [2.45, 2.75) is 39.8 Å². The number of benzene rings is 1. The molecule has 4 nitrogen and oxygen atoms in total. The van der Waals surface area contributed by atoms with Crippen molar-refractivity contribution in [3.63, 3.8) is 0 Å². The number of aryl methyl sites for hydroxylation is 2. The lowest BCUT2D eigenvalue weighted by molar-refractivity contribution is 0.406.